The Morgan fingerprint density at radius 3 is 2.64 bits per heavy atom. The van der Waals surface area contributed by atoms with Crippen LogP contribution in [0.2, 0.25) is 0 Å². The number of carbonyl (C=O) groups excluding carboxylic acids is 1. The molecule has 0 atom stereocenters. The molecule has 0 amide bonds. The number of pyridine rings is 1. The van der Waals surface area contributed by atoms with Crippen molar-refractivity contribution in [3.8, 4) is 11.4 Å². The molecule has 0 bridgehead atoms. The van der Waals surface area contributed by atoms with Crippen molar-refractivity contribution in [3.05, 3.63) is 71.2 Å². The molecule has 1 fully saturated rings. The first-order valence-electron chi connectivity index (χ1n) is 10.5. The minimum atomic E-state index is -0.794. The lowest BCUT2D eigenvalue weighted by Crippen LogP contribution is -2.31. The predicted octanol–water partition coefficient (Wildman–Crippen LogP) is 4.56. The van der Waals surface area contributed by atoms with Crippen LogP contribution in [0.5, 0.6) is 0 Å². The topological polar surface area (TPSA) is 93.6 Å². The number of benzene rings is 1. The third-order valence-corrected chi connectivity index (χ3v) is 6.48. The van der Waals surface area contributed by atoms with Gasteiger partial charge in [0.2, 0.25) is 5.95 Å². The molecule has 3 aromatic heterocycles. The maximum absolute atomic E-state index is 14.1. The van der Waals surface area contributed by atoms with Gasteiger partial charge in [0, 0.05) is 23.7 Å². The normalized spacial score (nSPS) is 22.0. The molecule has 4 aromatic rings. The van der Waals surface area contributed by atoms with Crippen LogP contribution in [0.15, 0.2) is 36.7 Å². The molecular weight excluding hydrogens is 435 g/mol. The fourth-order valence-electron chi connectivity index (χ4n) is 4.80. The van der Waals surface area contributed by atoms with Crippen molar-refractivity contribution in [3.63, 3.8) is 0 Å². The number of ether oxygens (including phenoxy) is 1. The highest BCUT2D eigenvalue weighted by Crippen LogP contribution is 2.49. The first-order valence-corrected chi connectivity index (χ1v) is 10.5. The predicted molar refractivity (Wildman–Crippen MR) is 110 cm³/mol. The maximum atomic E-state index is 14.1. The molecule has 1 aromatic carbocycles. The van der Waals surface area contributed by atoms with Crippen LogP contribution in [-0.2, 0) is 10.3 Å². The number of H-pyrrole nitrogens is 1. The SMILES string of the molecule is O=C1OC2(CCC(c3nc4cnc(-c5cc(F)ccc5F)nc4[nH]3)CC2)c2cnc(F)cc21. The number of esters is 1. The molecule has 0 saturated heterocycles. The second kappa shape index (κ2) is 7.09. The number of hydrogen-bond acceptors (Lipinski definition) is 6. The average molecular weight is 451 g/mol. The van der Waals surface area contributed by atoms with Crippen molar-refractivity contribution in [1.82, 2.24) is 24.9 Å². The van der Waals surface area contributed by atoms with E-state index in [2.05, 4.69) is 24.9 Å². The van der Waals surface area contributed by atoms with E-state index >= 15 is 0 Å². The van der Waals surface area contributed by atoms with Crippen molar-refractivity contribution in [2.45, 2.75) is 37.2 Å². The molecule has 2 aliphatic rings. The smallest absolute Gasteiger partial charge is 0.339 e. The molecule has 1 saturated carbocycles. The van der Waals surface area contributed by atoms with Gasteiger partial charge in [-0.05, 0) is 43.9 Å². The van der Waals surface area contributed by atoms with Crippen molar-refractivity contribution in [2.24, 2.45) is 0 Å². The Hall–Kier alpha value is -3.82. The van der Waals surface area contributed by atoms with E-state index < -0.39 is 29.2 Å². The van der Waals surface area contributed by atoms with Gasteiger partial charge in [0.25, 0.3) is 0 Å². The second-order valence-corrected chi connectivity index (χ2v) is 8.38. The van der Waals surface area contributed by atoms with Gasteiger partial charge in [0.1, 0.15) is 28.6 Å². The standard InChI is InChI=1S/C23H16F3N5O2/c24-12-1-2-16(25)14(7-12)20-28-10-17-21(31-20)30-19(29-17)11-3-5-23(6-4-11)15-9-27-18(26)8-13(15)22(32)33-23/h1-2,7-11H,3-6H2,(H,28,29,30,31). The number of aromatic amines is 1. The van der Waals surface area contributed by atoms with Gasteiger partial charge in [-0.2, -0.15) is 4.39 Å². The molecule has 4 heterocycles. The molecular formula is C23H16F3N5O2. The lowest BCUT2D eigenvalue weighted by molar-refractivity contribution is -0.0313. The Morgan fingerprint density at radius 1 is 1.00 bits per heavy atom. The number of fused-ring (bicyclic) bond motifs is 3. The van der Waals surface area contributed by atoms with Crippen LogP contribution in [0.3, 0.4) is 0 Å². The summed E-state index contributed by atoms with van der Waals surface area (Å²) >= 11 is 0. The second-order valence-electron chi connectivity index (χ2n) is 8.38. The zero-order valence-electron chi connectivity index (χ0n) is 17.1. The van der Waals surface area contributed by atoms with Gasteiger partial charge in [-0.25, -0.2) is 33.5 Å². The first kappa shape index (κ1) is 19.8. The molecule has 1 aliphatic heterocycles. The maximum Gasteiger partial charge on any atom is 0.339 e. The van der Waals surface area contributed by atoms with E-state index in [0.29, 0.717) is 48.2 Å². The molecule has 166 valence electrons. The fourth-order valence-corrected chi connectivity index (χ4v) is 4.80. The summed E-state index contributed by atoms with van der Waals surface area (Å²) in [6.45, 7) is 0. The summed E-state index contributed by atoms with van der Waals surface area (Å²) in [4.78, 5) is 32.2. The number of hydrogen-bond donors (Lipinski definition) is 1. The number of halogens is 3. The Balaban J connectivity index is 1.26. The van der Waals surface area contributed by atoms with Crippen LogP contribution < -0.4 is 0 Å². The highest BCUT2D eigenvalue weighted by molar-refractivity contribution is 5.94. The fraction of sp³-hybridized carbons (Fsp3) is 0.261. The van der Waals surface area contributed by atoms with E-state index in [1.54, 1.807) is 0 Å². The van der Waals surface area contributed by atoms with Crippen LogP contribution in [0.1, 0.15) is 53.3 Å². The lowest BCUT2D eigenvalue weighted by Gasteiger charge is -2.35. The molecule has 10 heteroatoms. The third-order valence-electron chi connectivity index (χ3n) is 6.48. The van der Waals surface area contributed by atoms with E-state index in [0.717, 1.165) is 24.3 Å². The van der Waals surface area contributed by atoms with E-state index in [1.165, 1.54) is 12.4 Å². The summed E-state index contributed by atoms with van der Waals surface area (Å²) in [5.74, 6) is -1.62. The summed E-state index contributed by atoms with van der Waals surface area (Å²) in [5, 5.41) is 0. The highest BCUT2D eigenvalue weighted by atomic mass is 19.1. The van der Waals surface area contributed by atoms with Crippen molar-refractivity contribution >= 4 is 17.1 Å². The average Bonchev–Trinajstić information content (AvgIpc) is 3.34. The Labute approximate surface area is 185 Å². The summed E-state index contributed by atoms with van der Waals surface area (Å²) in [6, 6.07) is 4.24. The minimum absolute atomic E-state index is 0.0283. The molecule has 0 radical (unpaired) electrons. The van der Waals surface area contributed by atoms with Gasteiger partial charge in [0.05, 0.1) is 17.3 Å². The Kier molecular flexibility index (Phi) is 4.26. The number of imidazole rings is 1. The summed E-state index contributed by atoms with van der Waals surface area (Å²) < 4.78 is 46.8. The van der Waals surface area contributed by atoms with Gasteiger partial charge >= 0.3 is 5.97 Å². The Morgan fingerprint density at radius 2 is 1.82 bits per heavy atom. The van der Waals surface area contributed by atoms with Crippen LogP contribution >= 0.6 is 0 Å². The highest BCUT2D eigenvalue weighted by Gasteiger charge is 2.48. The minimum Gasteiger partial charge on any atom is -0.450 e. The van der Waals surface area contributed by atoms with E-state index in [-0.39, 0.29) is 22.9 Å². The van der Waals surface area contributed by atoms with Gasteiger partial charge in [0.15, 0.2) is 11.5 Å². The van der Waals surface area contributed by atoms with E-state index in [4.69, 9.17) is 4.74 Å². The van der Waals surface area contributed by atoms with E-state index in [9.17, 15) is 18.0 Å². The van der Waals surface area contributed by atoms with Gasteiger partial charge in [-0.1, -0.05) is 0 Å². The molecule has 6 rings (SSSR count). The number of nitrogens with one attached hydrogen (secondary N) is 1. The summed E-state index contributed by atoms with van der Waals surface area (Å²) in [7, 11) is 0. The number of aromatic nitrogens is 5. The number of rotatable bonds is 2. The Bertz CT molecular complexity index is 1430. The summed E-state index contributed by atoms with van der Waals surface area (Å²) in [6.07, 6.45) is 5.30. The lowest BCUT2D eigenvalue weighted by atomic mass is 9.75. The van der Waals surface area contributed by atoms with Crippen molar-refractivity contribution < 1.29 is 22.7 Å². The number of carbonyl (C=O) groups is 1. The zero-order chi connectivity index (χ0) is 22.7. The first-order chi connectivity index (χ1) is 15.9. The van der Waals surface area contributed by atoms with Crippen molar-refractivity contribution in [1.29, 1.82) is 0 Å². The van der Waals surface area contributed by atoms with Gasteiger partial charge in [-0.15, -0.1) is 0 Å². The molecule has 1 N–H and O–H groups in total. The molecule has 0 unspecified atom stereocenters. The van der Waals surface area contributed by atoms with Crippen LogP contribution in [0.25, 0.3) is 22.6 Å². The summed E-state index contributed by atoms with van der Waals surface area (Å²) in [5.41, 5.74) is 0.984. The largest absolute Gasteiger partial charge is 0.450 e. The molecule has 1 aliphatic carbocycles. The molecule has 33 heavy (non-hydrogen) atoms. The van der Waals surface area contributed by atoms with Gasteiger partial charge < -0.3 is 9.72 Å². The van der Waals surface area contributed by atoms with Crippen LogP contribution in [0, 0.1) is 17.6 Å². The van der Waals surface area contributed by atoms with Crippen LogP contribution in [0.4, 0.5) is 13.2 Å². The third kappa shape index (κ3) is 3.16. The quantitative estimate of drug-likeness (QED) is 0.355. The molecule has 7 nitrogen and oxygen atoms in total. The van der Waals surface area contributed by atoms with Crippen LogP contribution in [-0.4, -0.2) is 30.9 Å². The monoisotopic (exact) mass is 451 g/mol. The molecule has 1 spiro atoms. The van der Waals surface area contributed by atoms with E-state index in [1.807, 2.05) is 0 Å². The zero-order valence-corrected chi connectivity index (χ0v) is 17.1. The van der Waals surface area contributed by atoms with Crippen molar-refractivity contribution in [2.75, 3.05) is 0 Å². The number of nitrogens with zero attached hydrogens (tertiary/aromatic N) is 4. The van der Waals surface area contributed by atoms with Gasteiger partial charge in [-0.3, -0.25) is 0 Å².